The number of hydrogen-bond donors (Lipinski definition) is 1. The summed E-state index contributed by atoms with van der Waals surface area (Å²) in [6.45, 7) is 2.41. The van der Waals surface area contributed by atoms with Crippen molar-refractivity contribution in [3.8, 4) is 0 Å². The molecule has 6 heteroatoms. The number of carbonyl (C=O) groups excluding carboxylic acids is 2. The van der Waals surface area contributed by atoms with Crippen LogP contribution in [0.3, 0.4) is 0 Å². The average Bonchev–Trinajstić information content (AvgIpc) is 2.83. The van der Waals surface area contributed by atoms with E-state index in [0.717, 1.165) is 16.8 Å². The van der Waals surface area contributed by atoms with Crippen molar-refractivity contribution in [2.24, 2.45) is 0 Å². The summed E-state index contributed by atoms with van der Waals surface area (Å²) in [7, 11) is 0. The van der Waals surface area contributed by atoms with Crippen molar-refractivity contribution in [1.29, 1.82) is 0 Å². The van der Waals surface area contributed by atoms with Gasteiger partial charge in [0, 0.05) is 12.1 Å². The molecular formula is C19H18N2O2S2. The van der Waals surface area contributed by atoms with Crippen LogP contribution in [0.15, 0.2) is 54.6 Å². The van der Waals surface area contributed by atoms with E-state index in [-0.39, 0.29) is 18.2 Å². The Hall–Kier alpha value is -2.18. The molecule has 0 spiro atoms. The molecule has 2 amide bonds. The summed E-state index contributed by atoms with van der Waals surface area (Å²) >= 11 is 6.62. The highest BCUT2D eigenvalue weighted by atomic mass is 32.2. The predicted molar refractivity (Wildman–Crippen MR) is 105 cm³/mol. The second-order valence-corrected chi connectivity index (χ2v) is 7.74. The topological polar surface area (TPSA) is 49.4 Å². The maximum atomic E-state index is 12.6. The number of nitrogens with one attached hydrogen (secondary N) is 1. The summed E-state index contributed by atoms with van der Waals surface area (Å²) in [5.74, 6) is -0.279. The normalized spacial score (nSPS) is 17.0. The van der Waals surface area contributed by atoms with Gasteiger partial charge < -0.3 is 5.32 Å². The first-order valence-electron chi connectivity index (χ1n) is 7.95. The van der Waals surface area contributed by atoms with E-state index in [2.05, 4.69) is 5.32 Å². The molecule has 2 aromatic rings. The van der Waals surface area contributed by atoms with Gasteiger partial charge in [0.2, 0.25) is 11.8 Å². The lowest BCUT2D eigenvalue weighted by Crippen LogP contribution is -2.32. The smallest absolute Gasteiger partial charge is 0.242 e. The third kappa shape index (κ3) is 4.46. The van der Waals surface area contributed by atoms with Crippen LogP contribution in [0.5, 0.6) is 0 Å². The van der Waals surface area contributed by atoms with E-state index in [4.69, 9.17) is 12.2 Å². The molecular weight excluding hydrogens is 352 g/mol. The second kappa shape index (κ2) is 7.80. The Bertz CT molecular complexity index is 808. The largest absolute Gasteiger partial charge is 0.326 e. The van der Waals surface area contributed by atoms with Crippen LogP contribution in [0, 0.1) is 6.92 Å². The highest BCUT2D eigenvalue weighted by molar-refractivity contribution is 8.24. The summed E-state index contributed by atoms with van der Waals surface area (Å²) in [5, 5.41) is 2.39. The zero-order valence-electron chi connectivity index (χ0n) is 13.8. The van der Waals surface area contributed by atoms with Gasteiger partial charge in [0.15, 0.2) is 0 Å². The van der Waals surface area contributed by atoms with E-state index in [9.17, 15) is 9.59 Å². The first-order chi connectivity index (χ1) is 12.0. The molecule has 3 rings (SSSR count). The van der Waals surface area contributed by atoms with Crippen molar-refractivity contribution in [3.05, 3.63) is 65.7 Å². The first kappa shape index (κ1) is 17.6. The van der Waals surface area contributed by atoms with Crippen molar-refractivity contribution in [1.82, 2.24) is 4.90 Å². The lowest BCUT2D eigenvalue weighted by Gasteiger charge is -2.15. The number of amides is 2. The van der Waals surface area contributed by atoms with Gasteiger partial charge in [0.05, 0.1) is 11.8 Å². The predicted octanol–water partition coefficient (Wildman–Crippen LogP) is 3.75. The second-order valence-electron chi connectivity index (χ2n) is 5.90. The Labute approximate surface area is 156 Å². The third-order valence-electron chi connectivity index (χ3n) is 3.86. The fraction of sp³-hybridized carbons (Fsp3) is 0.211. The molecule has 1 fully saturated rings. The fourth-order valence-corrected chi connectivity index (χ4v) is 4.13. The lowest BCUT2D eigenvalue weighted by atomic mass is 10.2. The Balaban J connectivity index is 1.61. The Kier molecular flexibility index (Phi) is 5.50. The van der Waals surface area contributed by atoms with Crippen LogP contribution in [0.1, 0.15) is 17.5 Å². The van der Waals surface area contributed by atoms with Crippen LogP contribution >= 0.6 is 24.0 Å². The summed E-state index contributed by atoms with van der Waals surface area (Å²) < 4.78 is 0.530. The van der Waals surface area contributed by atoms with Crippen molar-refractivity contribution in [2.45, 2.75) is 25.1 Å². The molecule has 0 aliphatic carbocycles. The molecule has 0 aromatic heterocycles. The number of nitrogens with zero attached hydrogens (tertiary/aromatic N) is 1. The molecule has 0 saturated carbocycles. The highest BCUT2D eigenvalue weighted by Crippen LogP contribution is 2.31. The molecule has 1 aliphatic rings. The Morgan fingerprint density at radius 1 is 1.20 bits per heavy atom. The van der Waals surface area contributed by atoms with Gasteiger partial charge in [0.1, 0.15) is 4.32 Å². The number of carbonyl (C=O) groups is 2. The summed E-state index contributed by atoms with van der Waals surface area (Å²) in [4.78, 5) is 26.4. The minimum absolute atomic E-state index is 0.0988. The third-order valence-corrected chi connectivity index (χ3v) is 5.44. The number of thioether (sulfide) groups is 1. The van der Waals surface area contributed by atoms with Gasteiger partial charge in [-0.05, 0) is 30.2 Å². The van der Waals surface area contributed by atoms with Crippen LogP contribution in [-0.2, 0) is 16.1 Å². The van der Waals surface area contributed by atoms with Crippen LogP contribution in [0.4, 0.5) is 5.69 Å². The van der Waals surface area contributed by atoms with Crippen molar-refractivity contribution < 1.29 is 9.59 Å². The molecule has 1 unspecified atom stereocenters. The SMILES string of the molecule is Cc1cccc(NC(=O)CC2SC(=S)N(Cc3ccccc3)C2=O)c1. The summed E-state index contributed by atoms with van der Waals surface area (Å²) in [6, 6.07) is 17.3. The van der Waals surface area contributed by atoms with Gasteiger partial charge in [-0.3, -0.25) is 14.5 Å². The Morgan fingerprint density at radius 3 is 2.68 bits per heavy atom. The van der Waals surface area contributed by atoms with E-state index in [0.29, 0.717) is 10.9 Å². The van der Waals surface area contributed by atoms with E-state index in [1.165, 1.54) is 11.8 Å². The zero-order valence-corrected chi connectivity index (χ0v) is 15.4. The molecule has 128 valence electrons. The number of hydrogen-bond acceptors (Lipinski definition) is 4. The van der Waals surface area contributed by atoms with E-state index in [1.807, 2.05) is 61.5 Å². The minimum Gasteiger partial charge on any atom is -0.326 e. The van der Waals surface area contributed by atoms with Gasteiger partial charge >= 0.3 is 0 Å². The molecule has 1 saturated heterocycles. The van der Waals surface area contributed by atoms with Crippen LogP contribution in [0.25, 0.3) is 0 Å². The molecule has 4 nitrogen and oxygen atoms in total. The van der Waals surface area contributed by atoms with Gasteiger partial charge in [0.25, 0.3) is 0 Å². The zero-order chi connectivity index (χ0) is 17.8. The van der Waals surface area contributed by atoms with E-state index < -0.39 is 5.25 Å². The van der Waals surface area contributed by atoms with Crippen molar-refractivity contribution >= 4 is 45.8 Å². The highest BCUT2D eigenvalue weighted by Gasteiger charge is 2.38. The summed E-state index contributed by atoms with van der Waals surface area (Å²) in [6.07, 6.45) is 0.114. The van der Waals surface area contributed by atoms with Crippen molar-refractivity contribution in [3.63, 3.8) is 0 Å². The summed E-state index contributed by atoms with van der Waals surface area (Å²) in [5.41, 5.74) is 2.83. The molecule has 1 heterocycles. The van der Waals surface area contributed by atoms with Crippen LogP contribution < -0.4 is 5.32 Å². The lowest BCUT2D eigenvalue weighted by molar-refractivity contribution is -0.128. The van der Waals surface area contributed by atoms with Crippen molar-refractivity contribution in [2.75, 3.05) is 5.32 Å². The fourth-order valence-electron chi connectivity index (χ4n) is 2.64. The van der Waals surface area contributed by atoms with Gasteiger partial charge in [-0.1, -0.05) is 66.4 Å². The number of thiocarbonyl (C=S) groups is 1. The molecule has 0 radical (unpaired) electrons. The van der Waals surface area contributed by atoms with Crippen LogP contribution in [-0.4, -0.2) is 26.3 Å². The van der Waals surface area contributed by atoms with Crippen LogP contribution in [0.2, 0.25) is 0 Å². The number of rotatable bonds is 5. The molecule has 2 aromatic carbocycles. The minimum atomic E-state index is -0.457. The average molecular weight is 370 g/mol. The van der Waals surface area contributed by atoms with Gasteiger partial charge in [-0.25, -0.2) is 0 Å². The number of aryl methyl sites for hydroxylation is 1. The van der Waals surface area contributed by atoms with E-state index >= 15 is 0 Å². The Morgan fingerprint density at radius 2 is 1.96 bits per heavy atom. The molecule has 1 aliphatic heterocycles. The maximum absolute atomic E-state index is 12.6. The molecule has 25 heavy (non-hydrogen) atoms. The molecule has 1 N–H and O–H groups in total. The van der Waals surface area contributed by atoms with Gasteiger partial charge in [-0.15, -0.1) is 0 Å². The monoisotopic (exact) mass is 370 g/mol. The maximum Gasteiger partial charge on any atom is 0.242 e. The first-order valence-corrected chi connectivity index (χ1v) is 9.24. The standard InChI is InChI=1S/C19H18N2O2S2/c1-13-6-5-9-15(10-13)20-17(22)11-16-18(23)21(19(24)25-16)12-14-7-3-2-4-8-14/h2-10,16H,11-12H2,1H3,(H,20,22). The number of benzene rings is 2. The van der Waals surface area contributed by atoms with Gasteiger partial charge in [-0.2, -0.15) is 0 Å². The van der Waals surface area contributed by atoms with E-state index in [1.54, 1.807) is 4.90 Å². The molecule has 1 atom stereocenters. The molecule has 0 bridgehead atoms. The quantitative estimate of drug-likeness (QED) is 0.815. The number of anilines is 1.